The number of nitrogens with zero attached hydrogens (tertiary/aromatic N) is 2. The second kappa shape index (κ2) is 10.4. The van der Waals surface area contributed by atoms with Crippen LogP contribution in [0.15, 0.2) is 47.1 Å². The highest BCUT2D eigenvalue weighted by atomic mass is 35.5. The Morgan fingerprint density at radius 3 is 2.70 bits per heavy atom. The lowest BCUT2D eigenvalue weighted by Gasteiger charge is -2.33. The Labute approximate surface area is 227 Å². The Hall–Kier alpha value is -2.33. The third-order valence-electron chi connectivity index (χ3n) is 7.36. The number of carbonyl (C=O) groups is 2. The summed E-state index contributed by atoms with van der Waals surface area (Å²) in [6.07, 6.45) is 6.26. The fourth-order valence-electron chi connectivity index (χ4n) is 5.48. The molecule has 3 aliphatic rings. The normalized spacial score (nSPS) is 25.7. The highest BCUT2D eigenvalue weighted by molar-refractivity contribution is 7.14. The lowest BCUT2D eigenvalue weighted by molar-refractivity contribution is -0.143. The number of aliphatic hydroxyl groups is 1. The number of carbonyl (C=O) groups excluding carboxylic acids is 2. The number of nitrogens with one attached hydrogen (secondary N) is 1. The average molecular weight is 568 g/mol. The number of pyridine rings is 1. The summed E-state index contributed by atoms with van der Waals surface area (Å²) >= 11 is 13.3. The van der Waals surface area contributed by atoms with Crippen molar-refractivity contribution in [3.05, 3.63) is 73.3 Å². The van der Waals surface area contributed by atoms with Crippen molar-refractivity contribution >= 4 is 46.4 Å². The zero-order valence-corrected chi connectivity index (χ0v) is 22.1. The molecule has 1 aliphatic heterocycles. The minimum Gasteiger partial charge on any atom is -0.372 e. The van der Waals surface area contributed by atoms with E-state index in [1.165, 1.54) is 17.4 Å². The van der Waals surface area contributed by atoms with Gasteiger partial charge in [0, 0.05) is 35.6 Å². The fourth-order valence-corrected chi connectivity index (χ4v) is 6.57. The minimum atomic E-state index is -2.88. The van der Waals surface area contributed by atoms with E-state index in [2.05, 4.69) is 10.3 Å². The third kappa shape index (κ3) is 4.94. The molecule has 37 heavy (non-hydrogen) atoms. The molecule has 0 bridgehead atoms. The topological polar surface area (TPSA) is 82.5 Å². The summed E-state index contributed by atoms with van der Waals surface area (Å²) < 4.78 is 27.1. The van der Waals surface area contributed by atoms with Crippen molar-refractivity contribution < 1.29 is 23.5 Å². The number of rotatable bonds is 6. The van der Waals surface area contributed by atoms with Gasteiger partial charge in [0.2, 0.25) is 0 Å². The molecule has 2 aromatic rings. The number of hydrogen-bond acceptors (Lipinski definition) is 5. The van der Waals surface area contributed by atoms with Crippen LogP contribution in [0.25, 0.3) is 0 Å². The zero-order chi connectivity index (χ0) is 26.3. The summed E-state index contributed by atoms with van der Waals surface area (Å²) in [5.74, 6) is -0.802. The Bertz CT molecular complexity index is 1290. The van der Waals surface area contributed by atoms with Gasteiger partial charge in [-0.3, -0.25) is 14.6 Å². The van der Waals surface area contributed by atoms with E-state index < -0.39 is 23.6 Å². The molecule has 1 unspecified atom stereocenters. The number of thiophene rings is 1. The number of hydrogen-bond donors (Lipinski definition) is 2. The van der Waals surface area contributed by atoms with E-state index in [4.69, 9.17) is 23.2 Å². The largest absolute Gasteiger partial charge is 0.372 e. The molecular weight excluding hydrogens is 543 g/mol. The van der Waals surface area contributed by atoms with Gasteiger partial charge >= 0.3 is 0 Å². The lowest BCUT2D eigenvalue weighted by Crippen LogP contribution is -2.43. The standard InChI is InChI=1S/C26H25Cl2F2N3O3S/c27-16-10-18(22(23(29)30)31-11-16)24(34)32-17-7-5-14(6-8-17)12-33-20-4-2-1-3-19(20)26(36,25(33)35)15-9-21(28)37-13-15/h1,3,9-11,13-14,17,23,36H,2,4-8,12H2,(H,32,34)/t14-,17-,26?. The molecule has 1 atom stereocenters. The van der Waals surface area contributed by atoms with Crippen LogP contribution in [0.5, 0.6) is 0 Å². The molecule has 6 nitrogen and oxygen atoms in total. The quantitative estimate of drug-likeness (QED) is 0.447. The van der Waals surface area contributed by atoms with Gasteiger partial charge < -0.3 is 15.3 Å². The molecule has 3 heterocycles. The van der Waals surface area contributed by atoms with Crippen LogP contribution >= 0.6 is 34.5 Å². The number of alkyl halides is 2. The third-order valence-corrected chi connectivity index (χ3v) is 8.66. The summed E-state index contributed by atoms with van der Waals surface area (Å²) in [6, 6.07) is 2.67. The van der Waals surface area contributed by atoms with Crippen LogP contribution in [0.1, 0.15) is 66.6 Å². The van der Waals surface area contributed by atoms with Gasteiger partial charge in [0.1, 0.15) is 5.69 Å². The highest BCUT2D eigenvalue weighted by Gasteiger charge is 2.52. The molecule has 0 saturated heterocycles. The minimum absolute atomic E-state index is 0.115. The fraction of sp³-hybridized carbons (Fsp3) is 0.423. The predicted octanol–water partition coefficient (Wildman–Crippen LogP) is 6.01. The molecule has 1 fully saturated rings. The van der Waals surface area contributed by atoms with E-state index in [-0.39, 0.29) is 28.5 Å². The van der Waals surface area contributed by atoms with Crippen LogP contribution in [-0.2, 0) is 10.4 Å². The zero-order valence-electron chi connectivity index (χ0n) is 19.7. The van der Waals surface area contributed by atoms with Crippen LogP contribution in [0, 0.1) is 5.92 Å². The second-order valence-corrected chi connectivity index (χ2v) is 11.6. The molecule has 0 radical (unpaired) electrons. The molecule has 11 heteroatoms. The van der Waals surface area contributed by atoms with Crippen molar-refractivity contribution in [3.63, 3.8) is 0 Å². The molecule has 2 N–H and O–H groups in total. The Kier molecular flexibility index (Phi) is 7.42. The summed E-state index contributed by atoms with van der Waals surface area (Å²) in [6.45, 7) is 0.472. The maximum atomic E-state index is 13.6. The molecule has 2 amide bonds. The van der Waals surface area contributed by atoms with Crippen molar-refractivity contribution in [2.24, 2.45) is 5.92 Å². The SMILES string of the molecule is O=C(N[C@H]1CC[C@H](CN2C(=O)C(O)(c3csc(Cl)c3)C3=C2CCC=C3)CC1)c1cc(Cl)cnc1C(F)F. The molecule has 196 valence electrons. The molecular formula is C26H25Cl2F2N3O3S. The maximum absolute atomic E-state index is 13.6. The summed E-state index contributed by atoms with van der Waals surface area (Å²) in [4.78, 5) is 31.6. The number of aromatic nitrogens is 1. The van der Waals surface area contributed by atoms with E-state index in [1.54, 1.807) is 16.3 Å². The van der Waals surface area contributed by atoms with Crippen LogP contribution in [0.2, 0.25) is 9.36 Å². The van der Waals surface area contributed by atoms with Crippen LogP contribution < -0.4 is 5.32 Å². The lowest BCUT2D eigenvalue weighted by atomic mass is 9.85. The second-order valence-electron chi connectivity index (χ2n) is 9.65. The van der Waals surface area contributed by atoms with E-state index in [9.17, 15) is 23.5 Å². The van der Waals surface area contributed by atoms with Gasteiger partial charge in [-0.15, -0.1) is 11.3 Å². The molecule has 2 aliphatic carbocycles. The van der Waals surface area contributed by atoms with Gasteiger partial charge in [-0.25, -0.2) is 8.78 Å². The van der Waals surface area contributed by atoms with Gasteiger partial charge in [-0.05, 0) is 62.0 Å². The van der Waals surface area contributed by atoms with E-state index in [1.807, 2.05) is 12.2 Å². The number of amides is 2. The molecule has 5 rings (SSSR count). The predicted molar refractivity (Wildman–Crippen MR) is 138 cm³/mol. The first-order valence-electron chi connectivity index (χ1n) is 12.1. The molecule has 1 saturated carbocycles. The highest BCUT2D eigenvalue weighted by Crippen LogP contribution is 2.47. The van der Waals surface area contributed by atoms with Crippen molar-refractivity contribution in [2.45, 2.75) is 56.6 Å². The van der Waals surface area contributed by atoms with Crippen molar-refractivity contribution in [1.82, 2.24) is 15.2 Å². The average Bonchev–Trinajstić information content (AvgIpc) is 3.41. The van der Waals surface area contributed by atoms with Crippen molar-refractivity contribution in [2.75, 3.05) is 6.54 Å². The van der Waals surface area contributed by atoms with Crippen molar-refractivity contribution in [3.8, 4) is 0 Å². The van der Waals surface area contributed by atoms with E-state index in [0.717, 1.165) is 31.2 Å². The summed E-state index contributed by atoms with van der Waals surface area (Å²) in [7, 11) is 0. The monoisotopic (exact) mass is 567 g/mol. The van der Waals surface area contributed by atoms with Gasteiger partial charge in [-0.1, -0.05) is 35.4 Å². The summed E-state index contributed by atoms with van der Waals surface area (Å²) in [5.41, 5.74) is -0.601. The first-order valence-corrected chi connectivity index (χ1v) is 13.8. The van der Waals surface area contributed by atoms with Gasteiger partial charge in [0.15, 0.2) is 5.60 Å². The number of allylic oxidation sites excluding steroid dienone is 2. The first kappa shape index (κ1) is 26.3. The van der Waals surface area contributed by atoms with Crippen LogP contribution in [-0.4, -0.2) is 39.4 Å². The van der Waals surface area contributed by atoms with Gasteiger partial charge in [0.25, 0.3) is 18.2 Å². The first-order chi connectivity index (χ1) is 17.7. The molecule has 2 aromatic heterocycles. The number of halogens is 4. The Morgan fingerprint density at radius 2 is 2.03 bits per heavy atom. The van der Waals surface area contributed by atoms with E-state index >= 15 is 0 Å². The Balaban J connectivity index is 1.25. The van der Waals surface area contributed by atoms with Crippen LogP contribution in [0.3, 0.4) is 0 Å². The van der Waals surface area contributed by atoms with Crippen molar-refractivity contribution in [1.29, 1.82) is 0 Å². The Morgan fingerprint density at radius 1 is 1.27 bits per heavy atom. The van der Waals surface area contributed by atoms with Gasteiger partial charge in [-0.2, -0.15) is 0 Å². The van der Waals surface area contributed by atoms with Gasteiger partial charge in [0.05, 0.1) is 14.9 Å². The smallest absolute Gasteiger partial charge is 0.281 e. The van der Waals surface area contributed by atoms with E-state index in [0.29, 0.717) is 41.3 Å². The van der Waals surface area contributed by atoms with Crippen LogP contribution in [0.4, 0.5) is 8.78 Å². The summed E-state index contributed by atoms with van der Waals surface area (Å²) in [5, 5.41) is 16.3. The molecule has 0 aromatic carbocycles. The maximum Gasteiger partial charge on any atom is 0.281 e. The molecule has 0 spiro atoms.